The van der Waals surface area contributed by atoms with Crippen molar-refractivity contribution >= 4 is 11.7 Å². The van der Waals surface area contributed by atoms with E-state index in [-0.39, 0.29) is 5.91 Å². The lowest BCUT2D eigenvalue weighted by atomic mass is 10.0. The summed E-state index contributed by atoms with van der Waals surface area (Å²) in [4.78, 5) is 20.4. The number of nitrogens with zero attached hydrogens (tertiary/aromatic N) is 2. The summed E-state index contributed by atoms with van der Waals surface area (Å²) in [5.74, 6) is 0.348. The monoisotopic (exact) mass is 294 g/mol. The molecular formula is C14H22N4O3. The Hall–Kier alpha value is -1.73. The van der Waals surface area contributed by atoms with Crippen LogP contribution in [0, 0.1) is 0 Å². The zero-order chi connectivity index (χ0) is 15.1. The Labute approximate surface area is 124 Å². The number of hydrogen-bond donors (Lipinski definition) is 2. The highest BCUT2D eigenvalue weighted by Crippen LogP contribution is 2.21. The predicted molar refractivity (Wildman–Crippen MR) is 78.3 cm³/mol. The third kappa shape index (κ3) is 4.12. The third-order valence-electron chi connectivity index (χ3n) is 3.49. The van der Waals surface area contributed by atoms with Gasteiger partial charge in [-0.15, -0.1) is 0 Å². The molecule has 1 fully saturated rings. The summed E-state index contributed by atoms with van der Waals surface area (Å²) in [6.45, 7) is 4.40. The largest absolute Gasteiger partial charge is 0.378 e. The van der Waals surface area contributed by atoms with Gasteiger partial charge in [-0.2, -0.15) is 0 Å². The van der Waals surface area contributed by atoms with Crippen molar-refractivity contribution in [2.75, 3.05) is 38.7 Å². The minimum absolute atomic E-state index is 0.258. The first-order valence-corrected chi connectivity index (χ1v) is 7.16. The lowest BCUT2D eigenvalue weighted by molar-refractivity contribution is -0.0149. The molecular weight excluding hydrogens is 272 g/mol. The molecule has 0 saturated carbocycles. The number of aromatic nitrogens is 2. The average molecular weight is 294 g/mol. The lowest BCUT2D eigenvalue weighted by Crippen LogP contribution is -2.45. The topological polar surface area (TPSA) is 85.4 Å². The van der Waals surface area contributed by atoms with Gasteiger partial charge in [0.1, 0.15) is 17.1 Å². The van der Waals surface area contributed by atoms with Crippen LogP contribution in [0.2, 0.25) is 0 Å². The summed E-state index contributed by atoms with van der Waals surface area (Å²) in [7, 11) is 1.63. The second-order valence-electron chi connectivity index (χ2n) is 5.09. The highest BCUT2D eigenvalue weighted by atomic mass is 16.5. The molecule has 1 saturated heterocycles. The molecule has 2 rings (SSSR count). The normalized spacial score (nSPS) is 21.2. The molecule has 1 aromatic rings. The van der Waals surface area contributed by atoms with Crippen molar-refractivity contribution in [3.05, 3.63) is 18.1 Å². The Morgan fingerprint density at radius 2 is 2.38 bits per heavy atom. The number of anilines is 1. The summed E-state index contributed by atoms with van der Waals surface area (Å²) in [6.07, 6.45) is 4.81. The summed E-state index contributed by atoms with van der Waals surface area (Å²) in [5.41, 5.74) is -0.137. The Morgan fingerprint density at radius 3 is 3.05 bits per heavy atom. The Bertz CT molecular complexity index is 475. The predicted octanol–water partition coefficient (Wildman–Crippen LogP) is 0.834. The molecule has 0 aliphatic carbocycles. The van der Waals surface area contributed by atoms with Crippen LogP contribution in [-0.2, 0) is 9.47 Å². The number of amides is 1. The van der Waals surface area contributed by atoms with Crippen molar-refractivity contribution in [3.8, 4) is 0 Å². The molecule has 7 nitrogen and oxygen atoms in total. The smallest absolute Gasteiger partial charge is 0.271 e. The molecule has 0 spiro atoms. The van der Waals surface area contributed by atoms with Gasteiger partial charge in [-0.25, -0.2) is 4.98 Å². The summed E-state index contributed by atoms with van der Waals surface area (Å²) in [5, 5.41) is 5.95. The van der Waals surface area contributed by atoms with E-state index in [1.165, 1.54) is 6.20 Å². The van der Waals surface area contributed by atoms with Crippen LogP contribution >= 0.6 is 0 Å². The molecule has 0 bridgehead atoms. The number of carbonyl (C=O) groups excluding carboxylic acids is 1. The second-order valence-corrected chi connectivity index (χ2v) is 5.09. The van der Waals surface area contributed by atoms with Crippen molar-refractivity contribution in [2.24, 2.45) is 0 Å². The molecule has 1 atom stereocenters. The van der Waals surface area contributed by atoms with Crippen molar-refractivity contribution in [1.29, 1.82) is 0 Å². The zero-order valence-electron chi connectivity index (χ0n) is 12.5. The molecule has 2 N–H and O–H groups in total. The number of nitrogens with one attached hydrogen (secondary N) is 2. The van der Waals surface area contributed by atoms with Crippen molar-refractivity contribution in [3.63, 3.8) is 0 Å². The van der Waals surface area contributed by atoms with Gasteiger partial charge in [0.05, 0.1) is 19.0 Å². The van der Waals surface area contributed by atoms with Crippen LogP contribution < -0.4 is 10.6 Å². The summed E-state index contributed by atoms with van der Waals surface area (Å²) >= 11 is 0. The van der Waals surface area contributed by atoms with E-state index in [4.69, 9.17) is 9.47 Å². The number of methoxy groups -OCH3 is 1. The fraction of sp³-hybridized carbons (Fsp3) is 0.643. The quantitative estimate of drug-likeness (QED) is 0.775. The van der Waals surface area contributed by atoms with Gasteiger partial charge in [0, 0.05) is 33.2 Å². The number of carbonyl (C=O) groups is 1. The van der Waals surface area contributed by atoms with E-state index in [1.807, 2.05) is 0 Å². The maximum atomic E-state index is 12.1. The fourth-order valence-corrected chi connectivity index (χ4v) is 2.11. The minimum Gasteiger partial charge on any atom is -0.378 e. The minimum atomic E-state index is -0.429. The van der Waals surface area contributed by atoms with E-state index >= 15 is 0 Å². The molecule has 1 unspecified atom stereocenters. The van der Waals surface area contributed by atoms with E-state index in [0.29, 0.717) is 31.3 Å². The molecule has 1 aliphatic heterocycles. The Kier molecular flexibility index (Phi) is 5.46. The first-order chi connectivity index (χ1) is 10.2. The van der Waals surface area contributed by atoms with Crippen molar-refractivity contribution in [1.82, 2.24) is 15.3 Å². The highest BCUT2D eigenvalue weighted by molar-refractivity contribution is 5.92. The first-order valence-electron chi connectivity index (χ1n) is 7.16. The number of ether oxygens (including phenoxy) is 2. The van der Waals surface area contributed by atoms with Gasteiger partial charge >= 0.3 is 0 Å². The zero-order valence-corrected chi connectivity index (χ0v) is 12.5. The van der Waals surface area contributed by atoms with Gasteiger partial charge in [0.25, 0.3) is 5.91 Å². The SMILES string of the molecule is CCCNc1cncc(C(=O)NCC2(OC)CCOC2)n1. The molecule has 7 heteroatoms. The van der Waals surface area contributed by atoms with Crippen LogP contribution in [0.5, 0.6) is 0 Å². The molecule has 1 aliphatic rings. The molecule has 116 valence electrons. The lowest BCUT2D eigenvalue weighted by Gasteiger charge is -2.25. The summed E-state index contributed by atoms with van der Waals surface area (Å²) in [6, 6.07) is 0. The number of hydrogen-bond acceptors (Lipinski definition) is 6. The van der Waals surface area contributed by atoms with E-state index in [1.54, 1.807) is 13.3 Å². The van der Waals surface area contributed by atoms with E-state index in [0.717, 1.165) is 19.4 Å². The van der Waals surface area contributed by atoms with Crippen LogP contribution in [-0.4, -0.2) is 54.9 Å². The van der Waals surface area contributed by atoms with E-state index < -0.39 is 5.60 Å². The molecule has 21 heavy (non-hydrogen) atoms. The molecule has 1 aromatic heterocycles. The van der Waals surface area contributed by atoms with Gasteiger partial charge in [-0.3, -0.25) is 9.78 Å². The van der Waals surface area contributed by atoms with Gasteiger partial charge in [0.15, 0.2) is 0 Å². The maximum Gasteiger partial charge on any atom is 0.271 e. The molecule has 2 heterocycles. The molecule has 0 aromatic carbocycles. The third-order valence-corrected chi connectivity index (χ3v) is 3.49. The average Bonchev–Trinajstić information content (AvgIpc) is 3.00. The van der Waals surface area contributed by atoms with Gasteiger partial charge < -0.3 is 20.1 Å². The molecule has 1 amide bonds. The second kappa shape index (κ2) is 7.33. The van der Waals surface area contributed by atoms with Gasteiger partial charge in [-0.05, 0) is 6.42 Å². The summed E-state index contributed by atoms with van der Waals surface area (Å²) < 4.78 is 10.8. The van der Waals surface area contributed by atoms with Gasteiger partial charge in [-0.1, -0.05) is 6.92 Å². The highest BCUT2D eigenvalue weighted by Gasteiger charge is 2.35. The van der Waals surface area contributed by atoms with E-state index in [2.05, 4.69) is 27.5 Å². The Balaban J connectivity index is 1.93. The fourth-order valence-electron chi connectivity index (χ4n) is 2.11. The van der Waals surface area contributed by atoms with Crippen LogP contribution in [0.25, 0.3) is 0 Å². The standard InChI is InChI=1S/C14H22N4O3/c1-3-5-16-12-8-15-7-11(18-12)13(19)17-9-14(20-2)4-6-21-10-14/h7-8H,3-6,9-10H2,1-2H3,(H,16,18)(H,17,19). The number of rotatable bonds is 7. The van der Waals surface area contributed by atoms with E-state index in [9.17, 15) is 4.79 Å². The van der Waals surface area contributed by atoms with Gasteiger partial charge in [0.2, 0.25) is 0 Å². The van der Waals surface area contributed by atoms with Crippen LogP contribution in [0.4, 0.5) is 5.82 Å². The molecule has 0 radical (unpaired) electrons. The maximum absolute atomic E-state index is 12.1. The van der Waals surface area contributed by atoms with Crippen LogP contribution in [0.3, 0.4) is 0 Å². The first kappa shape index (κ1) is 15.7. The van der Waals surface area contributed by atoms with Crippen LogP contribution in [0.1, 0.15) is 30.3 Å². The van der Waals surface area contributed by atoms with Crippen molar-refractivity contribution in [2.45, 2.75) is 25.4 Å². The van der Waals surface area contributed by atoms with Crippen molar-refractivity contribution < 1.29 is 14.3 Å². The van der Waals surface area contributed by atoms with Crippen LogP contribution in [0.15, 0.2) is 12.4 Å². The Morgan fingerprint density at radius 1 is 1.52 bits per heavy atom.